The quantitative estimate of drug-likeness (QED) is 0.403. The number of amides is 3. The van der Waals surface area contributed by atoms with Crippen LogP contribution in [0.4, 0.5) is 11.5 Å². The molecule has 4 aromatic rings. The van der Waals surface area contributed by atoms with Crippen LogP contribution in [0.2, 0.25) is 5.02 Å². The van der Waals surface area contributed by atoms with E-state index in [2.05, 4.69) is 25.8 Å². The highest BCUT2D eigenvalue weighted by Gasteiger charge is 2.36. The zero-order valence-corrected chi connectivity index (χ0v) is 20.2. The van der Waals surface area contributed by atoms with Gasteiger partial charge in [0.25, 0.3) is 11.8 Å². The molecule has 1 unspecified atom stereocenters. The van der Waals surface area contributed by atoms with Gasteiger partial charge in [-0.3, -0.25) is 19.4 Å². The Bertz CT molecular complexity index is 1450. The third kappa shape index (κ3) is 5.46. The van der Waals surface area contributed by atoms with Crippen LogP contribution in [0.5, 0.6) is 0 Å². The van der Waals surface area contributed by atoms with Crippen LogP contribution in [-0.2, 0) is 17.8 Å². The fourth-order valence-corrected chi connectivity index (χ4v) is 4.25. The van der Waals surface area contributed by atoms with Crippen molar-refractivity contribution in [3.05, 3.63) is 113 Å². The Hall–Kier alpha value is -4.63. The minimum Gasteiger partial charge on any atom is -0.323 e. The molecule has 0 saturated carbocycles. The number of fused-ring (bicyclic) bond motifs is 1. The molecule has 1 aliphatic heterocycles. The van der Waals surface area contributed by atoms with Crippen molar-refractivity contribution in [1.29, 1.82) is 0 Å². The highest BCUT2D eigenvalue weighted by molar-refractivity contribution is 6.31. The zero-order chi connectivity index (χ0) is 25.8. The van der Waals surface area contributed by atoms with E-state index >= 15 is 0 Å². The maximum Gasteiger partial charge on any atom is 0.256 e. The predicted octanol–water partition coefficient (Wildman–Crippen LogP) is 3.98. The first-order valence-corrected chi connectivity index (χ1v) is 11.8. The summed E-state index contributed by atoms with van der Waals surface area (Å²) in [5.74, 6) is -0.639. The molecule has 184 valence electrons. The van der Waals surface area contributed by atoms with Gasteiger partial charge in [0.2, 0.25) is 5.91 Å². The number of halogens is 1. The van der Waals surface area contributed by atoms with Crippen LogP contribution in [0.3, 0.4) is 0 Å². The van der Waals surface area contributed by atoms with Gasteiger partial charge in [-0.1, -0.05) is 29.8 Å². The van der Waals surface area contributed by atoms with E-state index in [1.54, 1.807) is 66.9 Å². The molecule has 10 heteroatoms. The number of aromatic nitrogens is 3. The minimum atomic E-state index is -0.812. The molecule has 0 saturated heterocycles. The van der Waals surface area contributed by atoms with Gasteiger partial charge in [0.1, 0.15) is 6.04 Å². The van der Waals surface area contributed by atoms with E-state index in [4.69, 9.17) is 11.6 Å². The van der Waals surface area contributed by atoms with Crippen LogP contribution in [0.25, 0.3) is 0 Å². The van der Waals surface area contributed by atoms with E-state index < -0.39 is 6.04 Å². The normalized spacial score (nSPS) is 14.9. The summed E-state index contributed by atoms with van der Waals surface area (Å²) >= 11 is 6.12. The summed E-state index contributed by atoms with van der Waals surface area (Å²) in [4.78, 5) is 45.4. The van der Waals surface area contributed by atoms with Gasteiger partial charge in [-0.15, -0.1) is 5.10 Å². The maximum absolute atomic E-state index is 13.7. The summed E-state index contributed by atoms with van der Waals surface area (Å²) < 4.78 is 0. The first-order valence-electron chi connectivity index (χ1n) is 11.5. The number of hydrogen-bond acceptors (Lipinski definition) is 6. The molecule has 1 atom stereocenters. The lowest BCUT2D eigenvalue weighted by Gasteiger charge is -2.28. The number of nitrogens with zero attached hydrogens (tertiary/aromatic N) is 4. The minimum absolute atomic E-state index is 0.151. The zero-order valence-electron chi connectivity index (χ0n) is 19.5. The molecule has 2 aromatic heterocycles. The summed E-state index contributed by atoms with van der Waals surface area (Å²) in [5.41, 5.74) is 2.56. The summed E-state index contributed by atoms with van der Waals surface area (Å²) in [7, 11) is 0. The number of pyridine rings is 1. The van der Waals surface area contributed by atoms with Crippen molar-refractivity contribution in [2.75, 3.05) is 10.6 Å². The fraction of sp³-hybridized carbons (Fsp3) is 0.111. The van der Waals surface area contributed by atoms with Crippen molar-refractivity contribution in [3.8, 4) is 0 Å². The Morgan fingerprint density at radius 1 is 1.00 bits per heavy atom. The summed E-state index contributed by atoms with van der Waals surface area (Å²) in [6.45, 7) is 0.151. The Morgan fingerprint density at radius 2 is 1.84 bits per heavy atom. The number of rotatable bonds is 6. The Balaban J connectivity index is 1.42. The number of carbonyl (C=O) groups is 3. The molecule has 0 radical (unpaired) electrons. The molecule has 1 aliphatic rings. The largest absolute Gasteiger partial charge is 0.323 e. The molecule has 0 aliphatic carbocycles. The Morgan fingerprint density at radius 3 is 2.57 bits per heavy atom. The van der Waals surface area contributed by atoms with E-state index in [1.165, 1.54) is 11.1 Å². The number of anilines is 2. The monoisotopic (exact) mass is 512 g/mol. The van der Waals surface area contributed by atoms with Crippen LogP contribution >= 0.6 is 11.6 Å². The van der Waals surface area contributed by atoms with Crippen LogP contribution in [0.1, 0.15) is 32.0 Å². The first-order chi connectivity index (χ1) is 18.0. The highest BCUT2D eigenvalue weighted by Crippen LogP contribution is 2.28. The molecule has 5 rings (SSSR count). The Labute approximate surface area is 217 Å². The molecule has 0 spiro atoms. The molecule has 2 N–H and O–H groups in total. The van der Waals surface area contributed by atoms with Crippen molar-refractivity contribution >= 4 is 40.8 Å². The second kappa shape index (κ2) is 10.5. The van der Waals surface area contributed by atoms with Crippen LogP contribution < -0.4 is 10.6 Å². The molecular weight excluding hydrogens is 492 g/mol. The van der Waals surface area contributed by atoms with E-state index in [1.807, 2.05) is 12.1 Å². The topological polar surface area (TPSA) is 117 Å². The van der Waals surface area contributed by atoms with Gasteiger partial charge >= 0.3 is 0 Å². The third-order valence-corrected chi connectivity index (χ3v) is 6.16. The fourth-order valence-electron chi connectivity index (χ4n) is 4.08. The van der Waals surface area contributed by atoms with Gasteiger partial charge in [0.15, 0.2) is 5.82 Å². The first kappa shape index (κ1) is 24.1. The lowest BCUT2D eigenvalue weighted by Crippen LogP contribution is -2.46. The van der Waals surface area contributed by atoms with Gasteiger partial charge < -0.3 is 15.5 Å². The van der Waals surface area contributed by atoms with Gasteiger partial charge in [-0.05, 0) is 60.2 Å². The molecule has 37 heavy (non-hydrogen) atoms. The lowest BCUT2D eigenvalue weighted by atomic mass is 10.0. The molecule has 3 heterocycles. The van der Waals surface area contributed by atoms with Gasteiger partial charge in [-0.25, -0.2) is 0 Å². The van der Waals surface area contributed by atoms with Crippen LogP contribution in [-0.4, -0.2) is 43.8 Å². The average molecular weight is 513 g/mol. The number of nitrogens with one attached hydrogen (secondary N) is 2. The van der Waals surface area contributed by atoms with Crippen molar-refractivity contribution in [2.24, 2.45) is 0 Å². The lowest BCUT2D eigenvalue weighted by molar-refractivity contribution is -0.120. The third-order valence-electron chi connectivity index (χ3n) is 5.92. The molecular formula is C27H21ClN6O3. The van der Waals surface area contributed by atoms with E-state index in [-0.39, 0.29) is 30.7 Å². The Kier molecular flexibility index (Phi) is 6.87. The standard InChI is InChI=1S/C27H21ClN6O3/c28-19-10-11-21-22(14-19)31-26(36)23(15-20-4-1-2-12-29-20)34(27(21)37)16-17-6-8-18(9-7-17)25(35)32-24-5-3-13-30-33-24/h1-14,23H,15-16H2,(H,31,36)(H,32,33,35). The summed E-state index contributed by atoms with van der Waals surface area (Å²) in [6, 6.07) is 19.6. The predicted molar refractivity (Wildman–Crippen MR) is 138 cm³/mol. The smallest absolute Gasteiger partial charge is 0.256 e. The molecule has 9 nitrogen and oxygen atoms in total. The van der Waals surface area contributed by atoms with E-state index in [0.717, 1.165) is 5.56 Å². The van der Waals surface area contributed by atoms with Gasteiger partial charge in [0, 0.05) is 41.6 Å². The highest BCUT2D eigenvalue weighted by atomic mass is 35.5. The summed E-state index contributed by atoms with van der Waals surface area (Å²) in [6.07, 6.45) is 3.40. The van der Waals surface area contributed by atoms with Crippen molar-refractivity contribution in [2.45, 2.75) is 19.0 Å². The van der Waals surface area contributed by atoms with E-state index in [9.17, 15) is 14.4 Å². The van der Waals surface area contributed by atoms with Crippen molar-refractivity contribution < 1.29 is 14.4 Å². The number of benzene rings is 2. The molecule has 0 fully saturated rings. The molecule has 3 amide bonds. The molecule has 0 bridgehead atoms. The van der Waals surface area contributed by atoms with Crippen molar-refractivity contribution in [3.63, 3.8) is 0 Å². The van der Waals surface area contributed by atoms with Gasteiger partial charge in [-0.2, -0.15) is 5.10 Å². The van der Waals surface area contributed by atoms with E-state index in [0.29, 0.717) is 33.3 Å². The average Bonchev–Trinajstić information content (AvgIpc) is 3.00. The SMILES string of the molecule is O=C(Nc1cccnn1)c1ccc(CN2C(=O)c3ccc(Cl)cc3NC(=O)C2Cc2ccccn2)cc1. The number of carbonyl (C=O) groups excluding carboxylic acids is 3. The second-order valence-electron chi connectivity index (χ2n) is 8.41. The van der Waals surface area contributed by atoms with Crippen LogP contribution in [0, 0.1) is 0 Å². The number of hydrogen-bond donors (Lipinski definition) is 2. The second-order valence-corrected chi connectivity index (χ2v) is 8.85. The maximum atomic E-state index is 13.7. The van der Waals surface area contributed by atoms with Crippen LogP contribution in [0.15, 0.2) is 85.2 Å². The van der Waals surface area contributed by atoms with Gasteiger partial charge in [0.05, 0.1) is 11.3 Å². The molecule has 2 aromatic carbocycles. The summed E-state index contributed by atoms with van der Waals surface area (Å²) in [5, 5.41) is 13.5. The van der Waals surface area contributed by atoms with Crippen molar-refractivity contribution in [1.82, 2.24) is 20.1 Å².